The van der Waals surface area contributed by atoms with E-state index in [1.54, 1.807) is 11.8 Å². The van der Waals surface area contributed by atoms with Crippen LogP contribution in [0.1, 0.15) is 12.0 Å². The number of rotatable bonds is 12. The van der Waals surface area contributed by atoms with Crippen molar-refractivity contribution in [2.75, 3.05) is 41.8 Å². The number of carbonyl (C=O) groups is 2. The predicted molar refractivity (Wildman–Crippen MR) is 106 cm³/mol. The number of nitrogens with zero attached hydrogens (tertiary/aromatic N) is 1. The van der Waals surface area contributed by atoms with Crippen LogP contribution in [0.4, 0.5) is 5.69 Å². The number of thioether (sulfide) groups is 1. The van der Waals surface area contributed by atoms with E-state index in [-0.39, 0.29) is 12.3 Å². The largest absolute Gasteiger partial charge is 0.480 e. The summed E-state index contributed by atoms with van der Waals surface area (Å²) in [6.07, 6.45) is 2.46. The first-order valence-corrected chi connectivity index (χ1v) is 10.4. The average molecular weight is 407 g/mol. The van der Waals surface area contributed by atoms with E-state index in [2.05, 4.69) is 10.2 Å². The second-order valence-corrected chi connectivity index (χ2v) is 7.19. The van der Waals surface area contributed by atoms with Crippen molar-refractivity contribution in [2.24, 2.45) is 0 Å². The number of carbonyl (C=O) groups excluding carboxylic acids is 1. The highest BCUT2D eigenvalue weighted by Gasteiger charge is 2.19. The van der Waals surface area contributed by atoms with E-state index in [0.717, 1.165) is 11.3 Å². The minimum atomic E-state index is -1.00. The maximum atomic E-state index is 12.1. The number of amides is 1. The van der Waals surface area contributed by atoms with Crippen molar-refractivity contribution < 1.29 is 14.7 Å². The molecule has 0 heterocycles. The summed E-state index contributed by atoms with van der Waals surface area (Å²) in [7, 11) is 0. The third-order valence-corrected chi connectivity index (χ3v) is 4.60. The fourth-order valence-electron chi connectivity index (χ4n) is 2.32. The second-order valence-electron chi connectivity index (χ2n) is 5.45. The molecule has 5 nitrogen and oxygen atoms in total. The van der Waals surface area contributed by atoms with Gasteiger partial charge in [0, 0.05) is 30.5 Å². The van der Waals surface area contributed by atoms with Crippen LogP contribution < -0.4 is 10.2 Å². The van der Waals surface area contributed by atoms with Crippen molar-refractivity contribution in [3.63, 3.8) is 0 Å². The monoisotopic (exact) mass is 406 g/mol. The molecule has 1 aromatic carbocycles. The summed E-state index contributed by atoms with van der Waals surface area (Å²) in [4.78, 5) is 25.3. The van der Waals surface area contributed by atoms with Crippen molar-refractivity contribution in [1.29, 1.82) is 0 Å². The highest BCUT2D eigenvalue weighted by Crippen LogP contribution is 2.16. The highest BCUT2D eigenvalue weighted by molar-refractivity contribution is 7.98. The average Bonchev–Trinajstić information content (AvgIpc) is 2.59. The molecule has 1 atom stereocenters. The Balaban J connectivity index is 2.63. The number of hydrogen-bond donors (Lipinski definition) is 2. The number of benzene rings is 1. The smallest absolute Gasteiger partial charge is 0.326 e. The van der Waals surface area contributed by atoms with Gasteiger partial charge < -0.3 is 15.3 Å². The number of carboxylic acids is 1. The normalized spacial score (nSPS) is 11.8. The fraction of sp³-hybridized carbons (Fsp3) is 0.529. The Morgan fingerprint density at radius 1 is 1.20 bits per heavy atom. The molecule has 1 rings (SSSR count). The molecular weight excluding hydrogens is 383 g/mol. The first kappa shape index (κ1) is 21.9. The van der Waals surface area contributed by atoms with Crippen molar-refractivity contribution in [2.45, 2.75) is 18.9 Å². The number of carboxylic acid groups (broad SMARTS) is 1. The van der Waals surface area contributed by atoms with E-state index < -0.39 is 12.0 Å². The lowest BCUT2D eigenvalue weighted by atomic mass is 10.1. The molecule has 140 valence electrons. The number of aliphatic carboxylic acids is 1. The summed E-state index contributed by atoms with van der Waals surface area (Å²) in [5, 5.41) is 11.7. The van der Waals surface area contributed by atoms with E-state index in [1.165, 1.54) is 0 Å². The first-order chi connectivity index (χ1) is 12.0. The van der Waals surface area contributed by atoms with Crippen LogP contribution >= 0.6 is 35.0 Å². The van der Waals surface area contributed by atoms with Gasteiger partial charge in [0.25, 0.3) is 0 Å². The van der Waals surface area contributed by atoms with Crippen LogP contribution in [0.2, 0.25) is 0 Å². The molecule has 0 bridgehead atoms. The zero-order valence-corrected chi connectivity index (χ0v) is 16.5. The molecule has 1 amide bonds. The van der Waals surface area contributed by atoms with Crippen LogP contribution in [0.3, 0.4) is 0 Å². The van der Waals surface area contributed by atoms with Gasteiger partial charge in [-0.2, -0.15) is 11.8 Å². The van der Waals surface area contributed by atoms with E-state index in [1.807, 2.05) is 30.5 Å². The number of halogens is 2. The number of alkyl halides is 2. The maximum absolute atomic E-state index is 12.1. The molecule has 0 fully saturated rings. The molecule has 0 unspecified atom stereocenters. The van der Waals surface area contributed by atoms with E-state index in [0.29, 0.717) is 37.0 Å². The van der Waals surface area contributed by atoms with Crippen LogP contribution in [0.5, 0.6) is 0 Å². The number of nitrogens with one attached hydrogen (secondary N) is 1. The molecule has 0 aromatic heterocycles. The van der Waals surface area contributed by atoms with E-state index in [9.17, 15) is 9.59 Å². The third kappa shape index (κ3) is 8.21. The summed E-state index contributed by atoms with van der Waals surface area (Å²) < 4.78 is 0. The van der Waals surface area contributed by atoms with Gasteiger partial charge in [0.2, 0.25) is 5.91 Å². The Morgan fingerprint density at radius 3 is 2.28 bits per heavy atom. The van der Waals surface area contributed by atoms with Crippen molar-refractivity contribution >= 4 is 52.5 Å². The van der Waals surface area contributed by atoms with Gasteiger partial charge in [-0.1, -0.05) is 12.1 Å². The van der Waals surface area contributed by atoms with Crippen molar-refractivity contribution in [3.05, 3.63) is 29.8 Å². The van der Waals surface area contributed by atoms with Gasteiger partial charge in [0.05, 0.1) is 6.42 Å². The first-order valence-electron chi connectivity index (χ1n) is 7.98. The Bertz CT molecular complexity index is 537. The lowest BCUT2D eigenvalue weighted by molar-refractivity contribution is -0.141. The molecule has 25 heavy (non-hydrogen) atoms. The van der Waals surface area contributed by atoms with Crippen LogP contribution in [0, 0.1) is 0 Å². The van der Waals surface area contributed by atoms with Gasteiger partial charge in [-0.3, -0.25) is 4.79 Å². The second kappa shape index (κ2) is 12.3. The maximum Gasteiger partial charge on any atom is 0.326 e. The van der Waals surface area contributed by atoms with E-state index in [4.69, 9.17) is 28.3 Å². The molecule has 1 aromatic rings. The van der Waals surface area contributed by atoms with Crippen LogP contribution in [0.25, 0.3) is 0 Å². The summed E-state index contributed by atoms with van der Waals surface area (Å²) >= 11 is 13.2. The molecular formula is C17H24Cl2N2O3S. The summed E-state index contributed by atoms with van der Waals surface area (Å²) in [5.41, 5.74) is 1.82. The zero-order chi connectivity index (χ0) is 18.7. The number of anilines is 1. The summed E-state index contributed by atoms with van der Waals surface area (Å²) in [6.45, 7) is 1.40. The molecule has 0 aliphatic rings. The zero-order valence-electron chi connectivity index (χ0n) is 14.2. The Morgan fingerprint density at radius 2 is 1.80 bits per heavy atom. The molecule has 8 heteroatoms. The van der Waals surface area contributed by atoms with Gasteiger partial charge in [-0.25, -0.2) is 4.79 Å². The minimum absolute atomic E-state index is 0.147. The lowest BCUT2D eigenvalue weighted by Gasteiger charge is -2.23. The van der Waals surface area contributed by atoms with Crippen LogP contribution in [-0.2, 0) is 16.0 Å². The topological polar surface area (TPSA) is 69.6 Å². The highest BCUT2D eigenvalue weighted by atomic mass is 35.5. The molecule has 2 N–H and O–H groups in total. The van der Waals surface area contributed by atoms with E-state index >= 15 is 0 Å². The minimum Gasteiger partial charge on any atom is -0.480 e. The molecule has 0 saturated heterocycles. The Labute approximate surface area is 163 Å². The summed E-state index contributed by atoms with van der Waals surface area (Å²) in [6, 6.07) is 6.72. The molecule has 0 aliphatic carbocycles. The lowest BCUT2D eigenvalue weighted by Crippen LogP contribution is -2.41. The Kier molecular flexibility index (Phi) is 10.8. The number of hydrogen-bond acceptors (Lipinski definition) is 4. The van der Waals surface area contributed by atoms with Crippen LogP contribution in [0.15, 0.2) is 24.3 Å². The van der Waals surface area contributed by atoms with Gasteiger partial charge >= 0.3 is 5.97 Å². The van der Waals surface area contributed by atoms with Crippen LogP contribution in [-0.4, -0.2) is 59.9 Å². The summed E-state index contributed by atoms with van der Waals surface area (Å²) in [5.74, 6) is 0.403. The third-order valence-electron chi connectivity index (χ3n) is 3.62. The quantitative estimate of drug-likeness (QED) is 0.522. The fourth-order valence-corrected chi connectivity index (χ4v) is 3.20. The molecule has 0 aliphatic heterocycles. The van der Waals surface area contributed by atoms with Crippen molar-refractivity contribution in [3.8, 4) is 0 Å². The molecule has 0 radical (unpaired) electrons. The molecule has 0 saturated carbocycles. The van der Waals surface area contributed by atoms with Gasteiger partial charge in [0.15, 0.2) is 0 Å². The standard InChI is InChI=1S/C17H24Cl2N2O3S/c1-25-11-6-15(17(23)24)20-16(22)12-13-2-4-14(5-3-13)21(9-7-18)10-8-19/h2-5,15H,6-12H2,1H3,(H,20,22)(H,23,24)/t15-/m1/s1. The van der Waals surface area contributed by atoms with Crippen molar-refractivity contribution in [1.82, 2.24) is 5.32 Å². The van der Waals surface area contributed by atoms with Gasteiger partial charge in [0.1, 0.15) is 6.04 Å². The Hall–Kier alpha value is -1.11. The SMILES string of the molecule is CSCC[C@@H](NC(=O)Cc1ccc(N(CCCl)CCCl)cc1)C(=O)O. The van der Waals surface area contributed by atoms with Gasteiger partial charge in [-0.15, -0.1) is 23.2 Å². The molecule has 0 spiro atoms. The van der Waals surface area contributed by atoms with Gasteiger partial charge in [-0.05, 0) is 36.1 Å². The predicted octanol–water partition coefficient (Wildman–Crippen LogP) is 2.84.